The molecule has 0 aliphatic carbocycles. The molecule has 7 heterocycles. The number of tetrazole rings is 1. The lowest BCUT2D eigenvalue weighted by atomic mass is 9.87. The number of amides is 4. The number of rotatable bonds is 26. The third-order valence-corrected chi connectivity index (χ3v) is 18.2. The minimum absolute atomic E-state index is 0.00546. The van der Waals surface area contributed by atoms with Crippen LogP contribution >= 0.6 is 70.1 Å². The predicted molar refractivity (Wildman–Crippen MR) is 262 cm³/mol. The summed E-state index contributed by atoms with van der Waals surface area (Å²) in [5, 5.41) is 47.9. The molecule has 416 valence electrons. The van der Waals surface area contributed by atoms with Crippen molar-refractivity contribution in [2.75, 3.05) is 49.3 Å². The highest BCUT2D eigenvalue weighted by Gasteiger charge is 2.54. The first-order valence-corrected chi connectivity index (χ1v) is 30.2. The summed E-state index contributed by atoms with van der Waals surface area (Å²) in [5.41, 5.74) is 5.02. The van der Waals surface area contributed by atoms with Gasteiger partial charge in [0.15, 0.2) is 22.0 Å². The van der Waals surface area contributed by atoms with Gasteiger partial charge in [-0.05, 0) is 22.9 Å². The molecule has 0 radical (unpaired) electrons. The second-order valence-corrected chi connectivity index (χ2v) is 25.8. The molecule has 4 amide bonds. The topological polar surface area (TPSA) is 482 Å². The number of ether oxygens (including phenoxy) is 1. The number of aliphatic hydroxyl groups is 2. The van der Waals surface area contributed by atoms with Crippen LogP contribution in [-0.2, 0) is 66.8 Å². The summed E-state index contributed by atoms with van der Waals surface area (Å²) in [4.78, 5) is 118. The molecule has 7 rings (SSSR count). The summed E-state index contributed by atoms with van der Waals surface area (Å²) in [7, 11) is -16.6. The van der Waals surface area contributed by atoms with Crippen LogP contribution in [0, 0.1) is 12.3 Å². The van der Waals surface area contributed by atoms with E-state index in [4.69, 9.17) is 19.5 Å². The third-order valence-electron chi connectivity index (χ3n) is 10.9. The normalized spacial score (nSPS) is 22.9. The number of β-lactam (4-membered cyclic amide) rings is 1. The molecule has 11 N–H and O–H groups in total. The minimum atomic E-state index is -5.63. The van der Waals surface area contributed by atoms with Gasteiger partial charge < -0.3 is 56.2 Å². The van der Waals surface area contributed by atoms with E-state index in [1.165, 1.54) is 64.6 Å². The lowest BCUT2D eigenvalue weighted by Crippen LogP contribution is -2.70. The van der Waals surface area contributed by atoms with Crippen molar-refractivity contribution in [2.45, 2.75) is 80.1 Å². The fourth-order valence-corrected chi connectivity index (χ4v) is 14.1. The standard InChI is InChI=1S/C35H48N15O19P3S4/c1-16-44-45-34(76-16)75-11-17-10-74-32-22(43-20(52)8-48-15-42-46-47-48)30(56)50(32)23(17)33(57)73-7-6-37-19(51)4-5-38-29(55)26(54)35(2,3)12-66-72(63,64)69-71(61,62)65-9-18-25(68-70(58,59)60)24(53)31(67-18)49-14-41-21-27(36)39-13-40-28(21)49/h13-15,18,22,24-26,31-32,53-54H,4-12H2,1-3H3,(H,37,51)(H,38,55)(H,43,52)(H,61,62)(H,63,64)(H2,36,39,40)(H2,58,59,60)/t18?,22-,24?,25?,26?,31?,32?/m1/s1. The van der Waals surface area contributed by atoms with Gasteiger partial charge in [0, 0.05) is 42.2 Å². The van der Waals surface area contributed by atoms with E-state index in [0.29, 0.717) is 21.4 Å². The Labute approximate surface area is 444 Å². The van der Waals surface area contributed by atoms with Gasteiger partial charge in [-0.15, -0.1) is 27.1 Å². The molecular formula is C35H48N15O19P3S4. The van der Waals surface area contributed by atoms with E-state index in [0.717, 1.165) is 34.0 Å². The van der Waals surface area contributed by atoms with Gasteiger partial charge in [0.25, 0.3) is 5.91 Å². The fourth-order valence-electron chi connectivity index (χ4n) is 7.23. The molecule has 0 aromatic carbocycles. The molecular weight excluding hydrogens is 1160 g/mol. The highest BCUT2D eigenvalue weighted by Crippen LogP contribution is 2.61. The molecule has 41 heteroatoms. The Balaban J connectivity index is 0.836. The Morgan fingerprint density at radius 3 is 2.47 bits per heavy atom. The fraction of sp³-hybridized carbons (Fsp3) is 0.571. The van der Waals surface area contributed by atoms with Crippen LogP contribution in [0.15, 0.2) is 34.6 Å². The van der Waals surface area contributed by atoms with Crippen molar-refractivity contribution in [1.29, 1.82) is 0 Å². The number of nitrogens with two attached hydrogens (primary N) is 1. The first kappa shape index (κ1) is 59.2. The number of thioether (sulfide) groups is 3. The van der Waals surface area contributed by atoms with Crippen molar-refractivity contribution in [3.05, 3.63) is 35.3 Å². The Morgan fingerprint density at radius 1 is 1.03 bits per heavy atom. The second-order valence-electron chi connectivity index (χ2n) is 17.0. The van der Waals surface area contributed by atoms with Gasteiger partial charge in [-0.2, -0.15) is 4.31 Å². The number of hydrogen-bond donors (Lipinski definition) is 10. The lowest BCUT2D eigenvalue weighted by Gasteiger charge is -2.50. The highest BCUT2D eigenvalue weighted by atomic mass is 32.2. The molecule has 76 heavy (non-hydrogen) atoms. The van der Waals surface area contributed by atoms with Gasteiger partial charge >= 0.3 is 23.5 Å². The van der Waals surface area contributed by atoms with E-state index in [-0.39, 0.29) is 54.5 Å². The van der Waals surface area contributed by atoms with Crippen LogP contribution in [0.3, 0.4) is 0 Å². The lowest BCUT2D eigenvalue weighted by molar-refractivity contribution is -0.147. The number of fused-ring (bicyclic) bond motifs is 2. The zero-order chi connectivity index (χ0) is 55.3. The number of carbonyl (C=O) groups is 5. The molecule has 2 fully saturated rings. The molecule has 3 aliphatic heterocycles. The summed E-state index contributed by atoms with van der Waals surface area (Å²) in [6.07, 6.45) is -6.02. The Bertz CT molecular complexity index is 2990. The quantitative estimate of drug-likeness (QED) is 0.0140. The molecule has 9 atom stereocenters. The second kappa shape index (κ2) is 24.7. The van der Waals surface area contributed by atoms with Crippen LogP contribution in [-0.4, -0.2) is 193 Å². The summed E-state index contributed by atoms with van der Waals surface area (Å²) < 4.78 is 64.6. The highest BCUT2D eigenvalue weighted by molar-refractivity contribution is 8.14. The van der Waals surface area contributed by atoms with Gasteiger partial charge in [0.1, 0.15) is 71.3 Å². The molecule has 8 unspecified atom stereocenters. The monoisotopic (exact) mass is 1200 g/mol. The van der Waals surface area contributed by atoms with E-state index in [1.807, 2.05) is 0 Å². The van der Waals surface area contributed by atoms with Gasteiger partial charge in [0.2, 0.25) is 22.8 Å². The molecule has 3 aliphatic rings. The number of nitrogens with zero attached hydrogens (tertiary/aromatic N) is 11. The number of aliphatic hydroxyl groups excluding tert-OH is 2. The molecule has 34 nitrogen and oxygen atoms in total. The van der Waals surface area contributed by atoms with E-state index in [1.54, 1.807) is 6.92 Å². The number of imidazole rings is 1. The SMILES string of the molecule is Cc1nnc(SCC2=C(C(=O)SCCNC(=O)CCNC(=O)C(O)C(C)(C)COP(=O)(O)OP(=O)(O)OCC3OC(n4cnc5c(N)ncnc54)C(O)C3OP(=O)(O)O)N3C(=O)[C@@H](NC(=O)Cn4cnnn4)C3SC2)s1. The summed E-state index contributed by atoms with van der Waals surface area (Å²) in [6.45, 7) is 1.62. The van der Waals surface area contributed by atoms with Crippen LogP contribution < -0.4 is 21.7 Å². The Morgan fingerprint density at radius 2 is 1.78 bits per heavy atom. The molecule has 0 bridgehead atoms. The summed E-state index contributed by atoms with van der Waals surface area (Å²) in [5.74, 6) is -1.85. The van der Waals surface area contributed by atoms with Crippen molar-refractivity contribution in [3.63, 3.8) is 0 Å². The number of aromatic nitrogens is 10. The van der Waals surface area contributed by atoms with Gasteiger partial charge in [-0.3, -0.25) is 47.0 Å². The number of carbonyl (C=O) groups excluding carboxylic acids is 5. The Kier molecular flexibility index (Phi) is 19.3. The number of phosphoric ester groups is 3. The maximum atomic E-state index is 13.8. The third kappa shape index (κ3) is 15.0. The van der Waals surface area contributed by atoms with Crippen molar-refractivity contribution in [3.8, 4) is 0 Å². The van der Waals surface area contributed by atoms with Crippen molar-refractivity contribution >= 4 is 116 Å². The molecule has 2 saturated heterocycles. The van der Waals surface area contributed by atoms with Crippen LogP contribution in [0.25, 0.3) is 11.2 Å². The van der Waals surface area contributed by atoms with Crippen LogP contribution in [0.5, 0.6) is 0 Å². The van der Waals surface area contributed by atoms with E-state index in [9.17, 15) is 67.5 Å². The Hall–Kier alpha value is -4.43. The van der Waals surface area contributed by atoms with Crippen molar-refractivity contribution in [1.82, 2.24) is 70.8 Å². The van der Waals surface area contributed by atoms with Crippen molar-refractivity contribution < 1.29 is 90.1 Å². The first-order chi connectivity index (χ1) is 35.7. The number of aryl methyl sites for hydroxylation is 1. The number of nitrogen functional groups attached to an aromatic ring is 1. The van der Waals surface area contributed by atoms with Crippen molar-refractivity contribution in [2.24, 2.45) is 5.41 Å². The average molecular weight is 1200 g/mol. The molecule has 4 aromatic heterocycles. The zero-order valence-corrected chi connectivity index (χ0v) is 45.5. The molecule has 4 aromatic rings. The number of phosphoric acid groups is 3. The predicted octanol–water partition coefficient (Wildman–Crippen LogP) is -2.04. The van der Waals surface area contributed by atoms with E-state index in [2.05, 4.69) is 65.5 Å². The summed E-state index contributed by atoms with van der Waals surface area (Å²) in [6, 6.07) is -0.899. The number of nitrogens with one attached hydrogen (secondary N) is 3. The zero-order valence-electron chi connectivity index (χ0n) is 39.6. The number of anilines is 1. The van der Waals surface area contributed by atoms with Gasteiger partial charge in [-0.1, -0.05) is 48.7 Å². The molecule has 0 saturated carbocycles. The van der Waals surface area contributed by atoms with Crippen LogP contribution in [0.4, 0.5) is 5.82 Å². The van der Waals surface area contributed by atoms with E-state index >= 15 is 0 Å². The van der Waals surface area contributed by atoms with Crippen LogP contribution in [0.1, 0.15) is 31.5 Å². The minimum Gasteiger partial charge on any atom is -0.386 e. The number of hydrogen-bond acceptors (Lipinski definition) is 28. The van der Waals surface area contributed by atoms with Gasteiger partial charge in [0.05, 0.1) is 19.5 Å². The largest absolute Gasteiger partial charge is 0.481 e. The maximum absolute atomic E-state index is 13.8. The van der Waals surface area contributed by atoms with E-state index < -0.39 is 113 Å². The van der Waals surface area contributed by atoms with Gasteiger partial charge in [-0.25, -0.2) is 33.3 Å². The maximum Gasteiger partial charge on any atom is 0.481 e. The first-order valence-electron chi connectivity index (χ1n) is 21.9. The average Bonchev–Trinajstić information content (AvgIpc) is 4.18. The molecule has 0 spiro atoms. The smallest absolute Gasteiger partial charge is 0.386 e. The summed E-state index contributed by atoms with van der Waals surface area (Å²) >= 11 is 4.98. The van der Waals surface area contributed by atoms with Crippen LogP contribution in [0.2, 0.25) is 0 Å².